The van der Waals surface area contributed by atoms with Gasteiger partial charge in [0.1, 0.15) is 0 Å². The van der Waals surface area contributed by atoms with Crippen molar-refractivity contribution in [1.29, 1.82) is 0 Å². The van der Waals surface area contributed by atoms with Crippen LogP contribution in [0.25, 0.3) is 46.4 Å². The maximum Gasteiger partial charge on any atom is 0.0659 e. The Labute approximate surface area is 173 Å². The topological polar surface area (TPSA) is 57.4 Å². The van der Waals surface area contributed by atoms with Crippen LogP contribution in [0.5, 0.6) is 0 Å². The van der Waals surface area contributed by atoms with Crippen LogP contribution in [-0.4, -0.2) is 19.9 Å². The zero-order chi connectivity index (χ0) is 15.9. The van der Waals surface area contributed by atoms with E-state index in [9.17, 15) is 0 Å². The summed E-state index contributed by atoms with van der Waals surface area (Å²) in [6.45, 7) is 0. The van der Waals surface area contributed by atoms with Crippen LogP contribution >= 0.6 is 0 Å². The van der Waals surface area contributed by atoms with Gasteiger partial charge in [0.15, 0.2) is 0 Å². The van der Waals surface area contributed by atoms with Crippen molar-refractivity contribution in [2.45, 2.75) is 0 Å². The van der Waals surface area contributed by atoms with Gasteiger partial charge in [0.25, 0.3) is 0 Å². The minimum atomic E-state index is 0. The zero-order valence-corrected chi connectivity index (χ0v) is 14.7. The number of rotatable bonds is 0. The number of aromatic amines is 2. The van der Waals surface area contributed by atoms with Crippen molar-refractivity contribution >= 4 is 46.4 Å². The van der Waals surface area contributed by atoms with Crippen LogP contribution in [0.1, 0.15) is 22.8 Å². The summed E-state index contributed by atoms with van der Waals surface area (Å²) >= 11 is 0. The average molecular weight is 485 g/mol. The number of fused-ring (bicyclic) bond motifs is 8. The van der Waals surface area contributed by atoms with E-state index in [1.807, 2.05) is 42.5 Å². The maximum atomic E-state index is 4.62. The first-order valence-corrected chi connectivity index (χ1v) is 7.85. The number of hydrogen-bond donors (Lipinski definition) is 2. The Balaban J connectivity index is 0.00000157. The monoisotopic (exact) mass is 485 g/mol. The third-order valence-electron chi connectivity index (χ3n) is 4.04. The van der Waals surface area contributed by atoms with Gasteiger partial charge in [-0.2, -0.15) is 0 Å². The fourth-order valence-corrected chi connectivity index (χ4v) is 2.94. The molecule has 0 fully saturated rings. The zero-order valence-electron chi connectivity index (χ0n) is 13.1. The van der Waals surface area contributed by atoms with Crippen LogP contribution in [0.4, 0.5) is 0 Å². The van der Waals surface area contributed by atoms with Gasteiger partial charge in [-0.05, 0) is 72.8 Å². The minimum absolute atomic E-state index is 0. The van der Waals surface area contributed by atoms with E-state index < -0.39 is 0 Å². The van der Waals surface area contributed by atoms with Crippen molar-refractivity contribution in [2.75, 3.05) is 0 Å². The predicted molar refractivity (Wildman–Crippen MR) is 98.9 cm³/mol. The van der Waals surface area contributed by atoms with Crippen molar-refractivity contribution in [2.24, 2.45) is 0 Å². The first kappa shape index (κ1) is 16.3. The molecular weight excluding hydrogens is 471 g/mol. The van der Waals surface area contributed by atoms with Gasteiger partial charge in [0.2, 0.25) is 0 Å². The summed E-state index contributed by atoms with van der Waals surface area (Å²) < 4.78 is 0. The van der Waals surface area contributed by atoms with Crippen LogP contribution in [0.2, 0.25) is 0 Å². The molecule has 0 aliphatic carbocycles. The minimum Gasteiger partial charge on any atom is -0.355 e. The maximum absolute atomic E-state index is 4.62. The number of nitrogens with one attached hydrogen (secondary N) is 2. The van der Waals surface area contributed by atoms with Crippen molar-refractivity contribution in [3.05, 3.63) is 71.3 Å². The summed E-state index contributed by atoms with van der Waals surface area (Å²) in [5, 5.41) is 0. The summed E-state index contributed by atoms with van der Waals surface area (Å²) in [7, 11) is 0. The van der Waals surface area contributed by atoms with E-state index in [0.29, 0.717) is 0 Å². The largest absolute Gasteiger partial charge is 0.355 e. The summed E-state index contributed by atoms with van der Waals surface area (Å²) in [6, 6.07) is 16.4. The van der Waals surface area contributed by atoms with Crippen LogP contribution in [0, 0.1) is 36.9 Å². The van der Waals surface area contributed by atoms with Gasteiger partial charge in [0.05, 0.1) is 22.8 Å². The molecule has 4 nitrogen and oxygen atoms in total. The van der Waals surface area contributed by atoms with E-state index in [1.165, 1.54) is 0 Å². The number of H-pyrrole nitrogens is 2. The number of aromatic nitrogens is 4. The third kappa shape index (κ3) is 3.46. The second-order valence-electron chi connectivity index (χ2n) is 5.91. The van der Waals surface area contributed by atoms with Crippen molar-refractivity contribution in [1.82, 2.24) is 19.9 Å². The molecule has 0 amide bonds. The molecule has 0 spiro atoms. The predicted octanol–water partition coefficient (Wildman–Crippen LogP) is 4.66. The molecule has 2 aliphatic rings. The first-order valence-electron chi connectivity index (χ1n) is 7.85. The molecule has 5 heterocycles. The molecule has 8 bridgehead atoms. The standard InChI is InChI=1S/C20H14N4.Lu/c1-2-14-10-16-5-6-18(23-16)12-20-8-7-19(24-20)11-17-4-3-15(22-17)9-13(1)21-14;/h1-12,21-22H;. The number of hydrogen-bond acceptors (Lipinski definition) is 2. The van der Waals surface area contributed by atoms with Crippen LogP contribution < -0.4 is 0 Å². The summed E-state index contributed by atoms with van der Waals surface area (Å²) in [4.78, 5) is 16.0. The molecule has 5 rings (SSSR count). The fourth-order valence-electron chi connectivity index (χ4n) is 2.94. The van der Waals surface area contributed by atoms with Gasteiger partial charge < -0.3 is 9.97 Å². The van der Waals surface area contributed by atoms with E-state index in [0.717, 1.165) is 44.8 Å². The van der Waals surface area contributed by atoms with Gasteiger partial charge in [-0.1, -0.05) is 0 Å². The van der Waals surface area contributed by atoms with E-state index >= 15 is 0 Å². The average Bonchev–Trinajstić information content (AvgIpc) is 3.32. The molecule has 0 aromatic carbocycles. The SMILES string of the molecule is C1=Cc2cc3ccc(cc4ccc(cc5nc(cc1n2)C=C5)[nH]4)[nH]3.[Lu]. The van der Waals surface area contributed by atoms with E-state index in [-0.39, 0.29) is 36.9 Å². The summed E-state index contributed by atoms with van der Waals surface area (Å²) in [6.07, 6.45) is 8.05. The van der Waals surface area contributed by atoms with Crippen molar-refractivity contribution in [3.63, 3.8) is 0 Å². The molecule has 3 aromatic heterocycles. The van der Waals surface area contributed by atoms with Gasteiger partial charge in [-0.15, -0.1) is 0 Å². The first-order chi connectivity index (χ1) is 11.8. The molecule has 5 heteroatoms. The van der Waals surface area contributed by atoms with Gasteiger partial charge >= 0.3 is 0 Å². The Morgan fingerprint density at radius 1 is 0.480 bits per heavy atom. The quantitative estimate of drug-likeness (QED) is 0.336. The van der Waals surface area contributed by atoms with Crippen LogP contribution in [-0.2, 0) is 0 Å². The summed E-state index contributed by atoms with van der Waals surface area (Å²) in [5.74, 6) is 0. The molecule has 0 atom stereocenters. The molecule has 1 radical (unpaired) electrons. The fraction of sp³-hybridized carbons (Fsp3) is 0. The second-order valence-corrected chi connectivity index (χ2v) is 5.91. The molecule has 2 aliphatic heterocycles. The molecule has 2 N–H and O–H groups in total. The van der Waals surface area contributed by atoms with Gasteiger partial charge in [-0.3, -0.25) is 0 Å². The number of nitrogens with zero attached hydrogens (tertiary/aromatic N) is 2. The normalized spacial score (nSPS) is 12.2. The van der Waals surface area contributed by atoms with E-state index in [2.05, 4.69) is 50.3 Å². The van der Waals surface area contributed by atoms with Crippen molar-refractivity contribution in [3.8, 4) is 0 Å². The van der Waals surface area contributed by atoms with Gasteiger partial charge in [-0.25, -0.2) is 9.97 Å². The van der Waals surface area contributed by atoms with Gasteiger partial charge in [0, 0.05) is 58.9 Å². The molecular formula is C20H14LuN4. The second kappa shape index (κ2) is 6.62. The third-order valence-corrected chi connectivity index (χ3v) is 4.04. The molecule has 0 unspecified atom stereocenters. The smallest absolute Gasteiger partial charge is 0.0659 e. The van der Waals surface area contributed by atoms with Crippen LogP contribution in [0.3, 0.4) is 0 Å². The molecule has 0 saturated carbocycles. The Morgan fingerprint density at radius 3 is 1.28 bits per heavy atom. The molecule has 3 aromatic rings. The molecule has 0 saturated heterocycles. The Hall–Kier alpha value is -2.17. The molecule has 25 heavy (non-hydrogen) atoms. The Bertz CT molecular complexity index is 1080. The van der Waals surface area contributed by atoms with Crippen molar-refractivity contribution < 1.29 is 36.9 Å². The Morgan fingerprint density at radius 2 is 0.840 bits per heavy atom. The van der Waals surface area contributed by atoms with Crippen LogP contribution in [0.15, 0.2) is 48.5 Å². The van der Waals surface area contributed by atoms with E-state index in [1.54, 1.807) is 0 Å². The summed E-state index contributed by atoms with van der Waals surface area (Å²) in [5.41, 5.74) is 7.86. The Kier molecular flexibility index (Phi) is 4.32. The molecule has 129 valence electrons. The van der Waals surface area contributed by atoms with E-state index in [4.69, 9.17) is 0 Å².